The van der Waals surface area contributed by atoms with Gasteiger partial charge in [0.1, 0.15) is 11.9 Å². The van der Waals surface area contributed by atoms with E-state index >= 15 is 0 Å². The first-order chi connectivity index (χ1) is 9.95. The monoisotopic (exact) mass is 326 g/mol. The van der Waals surface area contributed by atoms with Crippen LogP contribution in [0.2, 0.25) is 10.0 Å². The molecular formula is C15H13Cl2FN2O. The van der Waals surface area contributed by atoms with Crippen molar-refractivity contribution >= 4 is 40.5 Å². The summed E-state index contributed by atoms with van der Waals surface area (Å²) in [4.78, 5) is 12.1. The van der Waals surface area contributed by atoms with E-state index in [1.807, 2.05) is 0 Å². The van der Waals surface area contributed by atoms with Crippen LogP contribution in [-0.2, 0) is 4.79 Å². The van der Waals surface area contributed by atoms with Gasteiger partial charge in [0.15, 0.2) is 0 Å². The molecule has 2 rings (SSSR count). The van der Waals surface area contributed by atoms with Crippen LogP contribution in [0.4, 0.5) is 15.8 Å². The Morgan fingerprint density at radius 2 is 1.81 bits per heavy atom. The first-order valence-electron chi connectivity index (χ1n) is 6.24. The van der Waals surface area contributed by atoms with E-state index in [0.29, 0.717) is 21.4 Å². The lowest BCUT2D eigenvalue weighted by Gasteiger charge is -2.16. The van der Waals surface area contributed by atoms with E-state index in [-0.39, 0.29) is 11.7 Å². The molecule has 0 radical (unpaired) electrons. The number of hydrogen-bond donors (Lipinski definition) is 2. The van der Waals surface area contributed by atoms with Crippen molar-refractivity contribution < 1.29 is 9.18 Å². The molecule has 0 aliphatic carbocycles. The summed E-state index contributed by atoms with van der Waals surface area (Å²) >= 11 is 11.8. The zero-order valence-electron chi connectivity index (χ0n) is 11.2. The summed E-state index contributed by atoms with van der Waals surface area (Å²) in [5.74, 6) is -0.589. The molecule has 2 N–H and O–H groups in total. The van der Waals surface area contributed by atoms with Crippen LogP contribution in [0.3, 0.4) is 0 Å². The zero-order valence-corrected chi connectivity index (χ0v) is 12.7. The molecule has 1 unspecified atom stereocenters. The van der Waals surface area contributed by atoms with Gasteiger partial charge in [0.2, 0.25) is 5.91 Å². The van der Waals surface area contributed by atoms with Gasteiger partial charge in [0, 0.05) is 10.7 Å². The Morgan fingerprint density at radius 1 is 1.14 bits per heavy atom. The van der Waals surface area contributed by atoms with Gasteiger partial charge in [-0.15, -0.1) is 0 Å². The van der Waals surface area contributed by atoms with Gasteiger partial charge >= 0.3 is 0 Å². The maximum absolute atomic E-state index is 12.8. The van der Waals surface area contributed by atoms with Crippen LogP contribution in [0, 0.1) is 5.82 Å². The molecule has 0 aliphatic rings. The molecule has 0 aliphatic heterocycles. The summed E-state index contributed by atoms with van der Waals surface area (Å²) in [6.07, 6.45) is 0. The van der Waals surface area contributed by atoms with Crippen LogP contribution in [0.25, 0.3) is 0 Å². The van der Waals surface area contributed by atoms with Gasteiger partial charge in [-0.25, -0.2) is 4.39 Å². The summed E-state index contributed by atoms with van der Waals surface area (Å²) in [6, 6.07) is 10.1. The minimum atomic E-state index is -0.512. The molecule has 0 saturated carbocycles. The molecule has 0 fully saturated rings. The molecular weight excluding hydrogens is 314 g/mol. The lowest BCUT2D eigenvalue weighted by Crippen LogP contribution is -2.31. The predicted octanol–water partition coefficient (Wildman–Crippen LogP) is 4.57. The molecule has 21 heavy (non-hydrogen) atoms. The molecule has 1 amide bonds. The van der Waals surface area contributed by atoms with E-state index in [1.165, 1.54) is 12.1 Å². The smallest absolute Gasteiger partial charge is 0.246 e. The van der Waals surface area contributed by atoms with Crippen molar-refractivity contribution in [2.75, 3.05) is 10.6 Å². The van der Waals surface area contributed by atoms with Crippen molar-refractivity contribution in [1.82, 2.24) is 0 Å². The lowest BCUT2D eigenvalue weighted by atomic mass is 10.2. The highest BCUT2D eigenvalue weighted by molar-refractivity contribution is 6.36. The number of nitrogens with one attached hydrogen (secondary N) is 2. The average Bonchev–Trinajstić information content (AvgIpc) is 2.44. The highest BCUT2D eigenvalue weighted by Gasteiger charge is 2.14. The molecule has 6 heteroatoms. The third-order valence-electron chi connectivity index (χ3n) is 2.81. The fourth-order valence-corrected chi connectivity index (χ4v) is 2.15. The van der Waals surface area contributed by atoms with Gasteiger partial charge in [0.25, 0.3) is 0 Å². The van der Waals surface area contributed by atoms with Crippen molar-refractivity contribution in [2.45, 2.75) is 13.0 Å². The van der Waals surface area contributed by atoms with Crippen molar-refractivity contribution in [3.8, 4) is 0 Å². The number of anilines is 2. The van der Waals surface area contributed by atoms with Crippen molar-refractivity contribution in [2.24, 2.45) is 0 Å². The molecule has 0 saturated heterocycles. The standard InChI is InChI=1S/C15H13Cl2FN2O/c1-9(19-12-5-3-11(18)4-6-12)15(21)20-14-7-2-10(16)8-13(14)17/h2-9,19H,1H3,(H,20,21). The number of carbonyl (C=O) groups excluding carboxylic acids is 1. The Morgan fingerprint density at radius 3 is 2.43 bits per heavy atom. The maximum atomic E-state index is 12.8. The van der Waals surface area contributed by atoms with Crippen LogP contribution >= 0.6 is 23.2 Å². The summed E-state index contributed by atoms with van der Waals surface area (Å²) in [5.41, 5.74) is 1.14. The topological polar surface area (TPSA) is 41.1 Å². The Balaban J connectivity index is 2.00. The number of amides is 1. The summed E-state index contributed by atoms with van der Waals surface area (Å²) in [7, 11) is 0. The lowest BCUT2D eigenvalue weighted by molar-refractivity contribution is -0.116. The molecule has 2 aromatic rings. The Bertz CT molecular complexity index is 647. The minimum Gasteiger partial charge on any atom is -0.374 e. The molecule has 110 valence electrons. The minimum absolute atomic E-state index is 0.261. The van der Waals surface area contributed by atoms with E-state index < -0.39 is 6.04 Å². The van der Waals surface area contributed by atoms with Crippen molar-refractivity contribution in [1.29, 1.82) is 0 Å². The predicted molar refractivity (Wildman–Crippen MR) is 84.6 cm³/mol. The van der Waals surface area contributed by atoms with Crippen LogP contribution < -0.4 is 10.6 Å². The summed E-state index contributed by atoms with van der Waals surface area (Å²) < 4.78 is 12.8. The molecule has 3 nitrogen and oxygen atoms in total. The SMILES string of the molecule is CC(Nc1ccc(F)cc1)C(=O)Nc1ccc(Cl)cc1Cl. The summed E-state index contributed by atoms with van der Waals surface area (Å²) in [5, 5.41) is 6.54. The molecule has 0 spiro atoms. The van der Waals surface area contributed by atoms with E-state index in [1.54, 1.807) is 37.3 Å². The van der Waals surface area contributed by atoms with E-state index in [0.717, 1.165) is 0 Å². The highest BCUT2D eigenvalue weighted by Crippen LogP contribution is 2.25. The van der Waals surface area contributed by atoms with Crippen LogP contribution in [0.15, 0.2) is 42.5 Å². The normalized spacial score (nSPS) is 11.8. The van der Waals surface area contributed by atoms with Crippen LogP contribution in [0.1, 0.15) is 6.92 Å². The average molecular weight is 327 g/mol. The second-order valence-corrected chi connectivity index (χ2v) is 5.33. The number of rotatable bonds is 4. The zero-order chi connectivity index (χ0) is 15.4. The third kappa shape index (κ3) is 4.34. The molecule has 2 aromatic carbocycles. The van der Waals surface area contributed by atoms with E-state index in [2.05, 4.69) is 10.6 Å². The van der Waals surface area contributed by atoms with Gasteiger partial charge < -0.3 is 10.6 Å². The fourth-order valence-electron chi connectivity index (χ4n) is 1.69. The quantitative estimate of drug-likeness (QED) is 0.863. The van der Waals surface area contributed by atoms with Gasteiger partial charge in [-0.1, -0.05) is 23.2 Å². The second kappa shape index (κ2) is 6.78. The van der Waals surface area contributed by atoms with Gasteiger partial charge in [-0.05, 0) is 49.4 Å². The van der Waals surface area contributed by atoms with Gasteiger partial charge in [0.05, 0.1) is 10.7 Å². The maximum Gasteiger partial charge on any atom is 0.246 e. The third-order valence-corrected chi connectivity index (χ3v) is 3.36. The fraction of sp³-hybridized carbons (Fsp3) is 0.133. The molecule has 0 bridgehead atoms. The number of carbonyl (C=O) groups is 1. The molecule has 0 aromatic heterocycles. The van der Waals surface area contributed by atoms with Crippen LogP contribution in [-0.4, -0.2) is 11.9 Å². The van der Waals surface area contributed by atoms with Crippen LogP contribution in [0.5, 0.6) is 0 Å². The first-order valence-corrected chi connectivity index (χ1v) is 6.99. The Hall–Kier alpha value is -1.78. The van der Waals surface area contributed by atoms with Gasteiger partial charge in [-0.3, -0.25) is 4.79 Å². The number of benzene rings is 2. The van der Waals surface area contributed by atoms with Gasteiger partial charge in [-0.2, -0.15) is 0 Å². The van der Waals surface area contributed by atoms with Crippen molar-refractivity contribution in [3.63, 3.8) is 0 Å². The Labute approximate surface area is 132 Å². The second-order valence-electron chi connectivity index (χ2n) is 4.49. The number of hydrogen-bond acceptors (Lipinski definition) is 2. The Kier molecular flexibility index (Phi) is 5.04. The first kappa shape index (κ1) is 15.6. The van der Waals surface area contributed by atoms with Crippen molar-refractivity contribution in [3.05, 3.63) is 58.3 Å². The van der Waals surface area contributed by atoms with E-state index in [4.69, 9.17) is 23.2 Å². The molecule has 1 atom stereocenters. The molecule has 0 heterocycles. The number of halogens is 3. The highest BCUT2D eigenvalue weighted by atomic mass is 35.5. The summed E-state index contributed by atoms with van der Waals surface area (Å²) in [6.45, 7) is 1.70. The largest absolute Gasteiger partial charge is 0.374 e. The van der Waals surface area contributed by atoms with E-state index in [9.17, 15) is 9.18 Å².